The minimum Gasteiger partial charge on any atom is -0.497 e. The highest BCUT2D eigenvalue weighted by Crippen LogP contribution is 2.34. The molecule has 8 nitrogen and oxygen atoms in total. The van der Waals surface area contributed by atoms with Gasteiger partial charge in [-0.05, 0) is 55.9 Å². The number of hydrogen-bond acceptors (Lipinski definition) is 6. The number of nitrogens with zero attached hydrogens (tertiary/aromatic N) is 3. The van der Waals surface area contributed by atoms with Crippen LogP contribution in [0.15, 0.2) is 76.4 Å². The zero-order chi connectivity index (χ0) is 24.9. The van der Waals surface area contributed by atoms with Crippen LogP contribution in [0.4, 0.5) is 5.69 Å². The summed E-state index contributed by atoms with van der Waals surface area (Å²) < 4.78 is 10.8. The van der Waals surface area contributed by atoms with Crippen molar-refractivity contribution in [3.63, 3.8) is 0 Å². The molecule has 0 bridgehead atoms. The van der Waals surface area contributed by atoms with E-state index in [1.807, 2.05) is 18.2 Å². The van der Waals surface area contributed by atoms with E-state index >= 15 is 0 Å². The number of halogens is 1. The Labute approximate surface area is 209 Å². The zero-order valence-corrected chi connectivity index (χ0v) is 20.5. The average molecular weight is 495 g/mol. The summed E-state index contributed by atoms with van der Waals surface area (Å²) >= 11 is 6.03. The van der Waals surface area contributed by atoms with Crippen molar-refractivity contribution in [3.05, 3.63) is 83.3 Å². The molecule has 0 saturated heterocycles. The number of methoxy groups -OCH3 is 1. The topological polar surface area (TPSA) is 87.4 Å². The van der Waals surface area contributed by atoms with E-state index < -0.39 is 6.04 Å². The van der Waals surface area contributed by atoms with E-state index in [2.05, 4.69) is 10.4 Å². The average Bonchev–Trinajstić information content (AvgIpc) is 3.54. The van der Waals surface area contributed by atoms with Crippen LogP contribution in [0.1, 0.15) is 30.7 Å². The van der Waals surface area contributed by atoms with Crippen LogP contribution in [0.3, 0.4) is 0 Å². The molecule has 2 atom stereocenters. The van der Waals surface area contributed by atoms with Gasteiger partial charge in [0.05, 0.1) is 31.7 Å². The van der Waals surface area contributed by atoms with Crippen molar-refractivity contribution in [2.24, 2.45) is 5.10 Å². The highest BCUT2D eigenvalue weighted by Gasteiger charge is 2.37. The predicted molar refractivity (Wildman–Crippen MR) is 135 cm³/mol. The van der Waals surface area contributed by atoms with Gasteiger partial charge in [0.25, 0.3) is 5.91 Å². The molecule has 2 unspecified atom stereocenters. The molecular weight excluding hydrogens is 468 g/mol. The Bertz CT molecular complexity index is 1210. The number of rotatable bonds is 8. The number of anilines is 1. The Hall–Kier alpha value is -3.62. The number of furan rings is 1. The molecule has 9 heteroatoms. The van der Waals surface area contributed by atoms with Gasteiger partial charge in [0, 0.05) is 23.2 Å². The SMILES string of the molecule is COc1cccc(NC(=O)CN(C)C(C)C(=O)N2N=C(c3ccc(Cl)cc3)CC2c2ccco2)c1. The van der Waals surface area contributed by atoms with Gasteiger partial charge >= 0.3 is 0 Å². The molecule has 3 aromatic rings. The maximum atomic E-state index is 13.5. The number of hydrazone groups is 1. The fourth-order valence-corrected chi connectivity index (χ4v) is 4.00. The molecule has 1 aromatic heterocycles. The van der Waals surface area contributed by atoms with Crippen LogP contribution in [-0.2, 0) is 9.59 Å². The van der Waals surface area contributed by atoms with Crippen LogP contribution in [0.2, 0.25) is 5.02 Å². The number of carbonyl (C=O) groups is 2. The van der Waals surface area contributed by atoms with Gasteiger partial charge in [-0.2, -0.15) is 5.10 Å². The van der Waals surface area contributed by atoms with Crippen LogP contribution in [0.5, 0.6) is 5.75 Å². The van der Waals surface area contributed by atoms with Gasteiger partial charge in [0.15, 0.2) is 0 Å². The number of carbonyl (C=O) groups excluding carboxylic acids is 2. The maximum Gasteiger partial charge on any atom is 0.260 e. The Morgan fingerprint density at radius 1 is 1.23 bits per heavy atom. The fourth-order valence-electron chi connectivity index (χ4n) is 3.88. The van der Waals surface area contributed by atoms with Gasteiger partial charge < -0.3 is 14.5 Å². The normalized spacial score (nSPS) is 16.2. The van der Waals surface area contributed by atoms with E-state index in [9.17, 15) is 9.59 Å². The van der Waals surface area contributed by atoms with Crippen molar-refractivity contribution in [2.75, 3.05) is 26.0 Å². The number of benzene rings is 2. The summed E-state index contributed by atoms with van der Waals surface area (Å²) in [7, 11) is 3.30. The summed E-state index contributed by atoms with van der Waals surface area (Å²) in [5.41, 5.74) is 2.28. The van der Waals surface area contributed by atoms with Gasteiger partial charge in [-0.1, -0.05) is 29.8 Å². The monoisotopic (exact) mass is 494 g/mol. The van der Waals surface area contributed by atoms with Gasteiger partial charge in [-0.25, -0.2) is 5.01 Å². The molecule has 182 valence electrons. The van der Waals surface area contributed by atoms with Crippen LogP contribution in [-0.4, -0.2) is 54.2 Å². The van der Waals surface area contributed by atoms with Crippen molar-refractivity contribution in [3.8, 4) is 5.75 Å². The number of likely N-dealkylation sites (N-methyl/N-ethyl adjacent to an activating group) is 1. The van der Waals surface area contributed by atoms with Gasteiger partial charge in [-0.3, -0.25) is 14.5 Å². The van der Waals surface area contributed by atoms with Crippen molar-refractivity contribution in [1.82, 2.24) is 9.91 Å². The van der Waals surface area contributed by atoms with Crippen molar-refractivity contribution in [1.29, 1.82) is 0 Å². The van der Waals surface area contributed by atoms with E-state index in [-0.39, 0.29) is 24.4 Å². The quantitative estimate of drug-likeness (QED) is 0.495. The fraction of sp³-hybridized carbons (Fsp3) is 0.269. The maximum absolute atomic E-state index is 13.5. The van der Waals surface area contributed by atoms with Crippen molar-refractivity contribution >= 4 is 34.8 Å². The lowest BCUT2D eigenvalue weighted by Gasteiger charge is -2.28. The standard InChI is InChI=1S/C26H27ClN4O4/c1-17(30(2)16-25(32)28-20-6-4-7-21(14-20)34-3)26(33)31-23(24-8-5-13-35-24)15-22(29-31)18-9-11-19(27)12-10-18/h4-14,17,23H,15-16H2,1-3H3,(H,28,32). The lowest BCUT2D eigenvalue weighted by Crippen LogP contribution is -2.46. The number of nitrogens with one attached hydrogen (secondary N) is 1. The molecule has 1 N–H and O–H groups in total. The lowest BCUT2D eigenvalue weighted by atomic mass is 10.0. The molecule has 1 aliphatic heterocycles. The first-order valence-electron chi connectivity index (χ1n) is 11.2. The number of ether oxygens (including phenoxy) is 1. The Kier molecular flexibility index (Phi) is 7.53. The molecule has 2 amide bonds. The van der Waals surface area contributed by atoms with Crippen molar-refractivity contribution in [2.45, 2.75) is 25.4 Å². The summed E-state index contributed by atoms with van der Waals surface area (Å²) in [6.07, 6.45) is 2.09. The second-order valence-corrected chi connectivity index (χ2v) is 8.78. The first kappa shape index (κ1) is 24.5. The van der Waals surface area contributed by atoms with Crippen LogP contribution in [0, 0.1) is 0 Å². The highest BCUT2D eigenvalue weighted by atomic mass is 35.5. The second kappa shape index (κ2) is 10.8. The van der Waals surface area contributed by atoms with Crippen LogP contribution in [0.25, 0.3) is 0 Å². The summed E-state index contributed by atoms with van der Waals surface area (Å²) in [6, 6.07) is 17.1. The third kappa shape index (κ3) is 5.72. The van der Waals surface area contributed by atoms with Gasteiger partial charge in [0.1, 0.15) is 17.6 Å². The first-order chi connectivity index (χ1) is 16.9. The van der Waals surface area contributed by atoms with Crippen molar-refractivity contribution < 1.29 is 18.7 Å². The molecule has 35 heavy (non-hydrogen) atoms. The molecule has 0 fully saturated rings. The predicted octanol–water partition coefficient (Wildman–Crippen LogP) is 4.58. The highest BCUT2D eigenvalue weighted by molar-refractivity contribution is 6.30. The molecular formula is C26H27ClN4O4. The van der Waals surface area contributed by atoms with Gasteiger partial charge in [-0.15, -0.1) is 0 Å². The smallest absolute Gasteiger partial charge is 0.260 e. The summed E-state index contributed by atoms with van der Waals surface area (Å²) in [6.45, 7) is 1.79. The first-order valence-corrected chi connectivity index (χ1v) is 11.6. The Balaban J connectivity index is 1.47. The minimum absolute atomic E-state index is 0.0249. The molecule has 0 aliphatic carbocycles. The molecule has 2 aromatic carbocycles. The Morgan fingerprint density at radius 2 is 2.00 bits per heavy atom. The Morgan fingerprint density at radius 3 is 2.69 bits per heavy atom. The van der Waals surface area contributed by atoms with Crippen LogP contribution < -0.4 is 10.1 Å². The molecule has 2 heterocycles. The largest absolute Gasteiger partial charge is 0.497 e. The van der Waals surface area contributed by atoms with E-state index in [1.165, 1.54) is 5.01 Å². The van der Waals surface area contributed by atoms with Crippen LogP contribution >= 0.6 is 11.6 Å². The number of hydrogen-bond donors (Lipinski definition) is 1. The summed E-state index contributed by atoms with van der Waals surface area (Å²) in [4.78, 5) is 27.8. The molecule has 4 rings (SSSR count). The van der Waals surface area contributed by atoms with Gasteiger partial charge in [0.2, 0.25) is 5.91 Å². The van der Waals surface area contributed by atoms with E-state index in [4.69, 9.17) is 20.8 Å². The molecule has 1 aliphatic rings. The second-order valence-electron chi connectivity index (χ2n) is 8.34. The molecule has 0 radical (unpaired) electrons. The third-order valence-corrected chi connectivity index (χ3v) is 6.20. The zero-order valence-electron chi connectivity index (χ0n) is 19.8. The summed E-state index contributed by atoms with van der Waals surface area (Å²) in [5.74, 6) is 0.825. The molecule has 0 saturated carbocycles. The van der Waals surface area contributed by atoms with E-state index in [0.29, 0.717) is 28.6 Å². The van der Waals surface area contributed by atoms with E-state index in [1.54, 1.807) is 74.7 Å². The minimum atomic E-state index is -0.600. The molecule has 0 spiro atoms. The number of amides is 2. The summed E-state index contributed by atoms with van der Waals surface area (Å²) in [5, 5.41) is 9.58. The van der Waals surface area contributed by atoms with E-state index in [0.717, 1.165) is 11.3 Å². The third-order valence-electron chi connectivity index (χ3n) is 5.95. The lowest BCUT2D eigenvalue weighted by molar-refractivity contribution is -0.138.